The number of methoxy groups -OCH3 is 1. The van der Waals surface area contributed by atoms with Crippen molar-refractivity contribution in [2.45, 2.75) is 108 Å². The molecule has 0 radical (unpaired) electrons. The fourth-order valence-electron chi connectivity index (χ4n) is 9.14. The van der Waals surface area contributed by atoms with Crippen molar-refractivity contribution in [1.29, 1.82) is 0 Å². The Labute approximate surface area is 429 Å². The minimum Gasteiger partial charge on any atom is -0.374 e. The van der Waals surface area contributed by atoms with Gasteiger partial charge >= 0.3 is 0 Å². The second kappa shape index (κ2) is 28.0. The molecular formula is C62H66O11. The molecule has 11 heteroatoms. The Hall–Kier alpha value is -5.90. The fourth-order valence-corrected chi connectivity index (χ4v) is 9.14. The summed E-state index contributed by atoms with van der Waals surface area (Å²) in [7, 11) is 1.61. The van der Waals surface area contributed by atoms with Crippen LogP contribution in [0.15, 0.2) is 212 Å². The van der Waals surface area contributed by atoms with Crippen LogP contribution < -0.4 is 0 Å². The molecule has 2 aliphatic heterocycles. The third-order valence-electron chi connectivity index (χ3n) is 12.9. The average Bonchev–Trinajstić information content (AvgIpc) is 3.45. The van der Waals surface area contributed by atoms with E-state index in [1.54, 1.807) is 7.11 Å². The van der Waals surface area contributed by atoms with Crippen LogP contribution in [0, 0.1) is 0 Å². The highest BCUT2D eigenvalue weighted by atomic mass is 16.7. The molecule has 0 aliphatic carbocycles. The van der Waals surface area contributed by atoms with E-state index in [-0.39, 0.29) is 33.0 Å². The topological polar surface area (TPSA) is 102 Å². The monoisotopic (exact) mass is 986 g/mol. The van der Waals surface area contributed by atoms with Gasteiger partial charge in [0.05, 0.1) is 59.5 Å². The Morgan fingerprint density at radius 3 is 0.863 bits per heavy atom. The van der Waals surface area contributed by atoms with Gasteiger partial charge < -0.3 is 52.1 Å². The predicted molar refractivity (Wildman–Crippen MR) is 276 cm³/mol. The van der Waals surface area contributed by atoms with Crippen molar-refractivity contribution in [3.05, 3.63) is 251 Å². The van der Waals surface area contributed by atoms with Gasteiger partial charge in [0, 0.05) is 7.11 Å². The second-order valence-corrected chi connectivity index (χ2v) is 18.2. The molecule has 0 spiro atoms. The molecule has 0 N–H and O–H groups in total. The summed E-state index contributed by atoms with van der Waals surface area (Å²) < 4.78 is 75.2. The van der Waals surface area contributed by atoms with Crippen LogP contribution in [0.1, 0.15) is 38.9 Å². The zero-order valence-electron chi connectivity index (χ0n) is 41.3. The van der Waals surface area contributed by atoms with E-state index in [1.165, 1.54) is 0 Å². The van der Waals surface area contributed by atoms with Gasteiger partial charge in [-0.1, -0.05) is 212 Å². The molecule has 10 atom stereocenters. The minimum absolute atomic E-state index is 0.00960. The molecule has 7 aromatic carbocycles. The minimum atomic E-state index is -0.999. The first-order valence-corrected chi connectivity index (χ1v) is 25.2. The summed E-state index contributed by atoms with van der Waals surface area (Å²) >= 11 is 0. The van der Waals surface area contributed by atoms with Gasteiger partial charge in [-0.25, -0.2) is 0 Å². The zero-order valence-corrected chi connectivity index (χ0v) is 41.3. The van der Waals surface area contributed by atoms with Gasteiger partial charge in [0.2, 0.25) is 0 Å². The third-order valence-corrected chi connectivity index (χ3v) is 12.9. The Balaban J connectivity index is 1.05. The fraction of sp³-hybridized carbons (Fsp3) is 0.323. The molecule has 0 aromatic heterocycles. The molecule has 380 valence electrons. The lowest BCUT2D eigenvalue weighted by Crippen LogP contribution is -2.64. The molecule has 0 amide bonds. The lowest BCUT2D eigenvalue weighted by atomic mass is 9.96. The van der Waals surface area contributed by atoms with Crippen LogP contribution >= 0.6 is 0 Å². The van der Waals surface area contributed by atoms with E-state index in [9.17, 15) is 0 Å². The Bertz CT molecular complexity index is 2560. The standard InChI is InChI=1S/C62H66O11/c1-63-61-59(69-42-51-33-19-7-20-34-51)57(67-40-49-29-15-5-16-30-49)56(66-39-48-27-13-4-14-28-48)54(72-61)45-71-62-60(70-43-52-35-21-8-22-36-52)58(68-41-50-31-17-6-18-32-50)55(65-38-47-25-11-3-12-26-47)53(73-62)44-64-37-46-23-9-2-10-24-46/h2-36,53-62H,37-45H2,1H3/t53-,54+,55+,56+,57-,58-,59+,60-,61-,62+/m0/s1. The highest BCUT2D eigenvalue weighted by Crippen LogP contribution is 2.35. The summed E-state index contributed by atoms with van der Waals surface area (Å²) in [6, 6.07) is 70.4. The van der Waals surface area contributed by atoms with Gasteiger partial charge in [0.1, 0.15) is 48.8 Å². The first-order chi connectivity index (χ1) is 36.2. The van der Waals surface area contributed by atoms with Crippen molar-refractivity contribution < 1.29 is 52.1 Å². The maximum atomic E-state index is 7.10. The first-order valence-electron chi connectivity index (χ1n) is 25.2. The van der Waals surface area contributed by atoms with Crippen molar-refractivity contribution in [3.8, 4) is 0 Å². The van der Waals surface area contributed by atoms with E-state index in [0.717, 1.165) is 38.9 Å². The summed E-state index contributed by atoms with van der Waals surface area (Å²) in [6.45, 7) is 2.25. The summed E-state index contributed by atoms with van der Waals surface area (Å²) in [4.78, 5) is 0. The SMILES string of the molecule is CO[C@H]1O[C@H](CO[C@@H]2O[C@@H](COCc3ccccc3)[C@@H](OCc3ccccc3)[C@H](OCc3ccccc3)[C@@H]2OCc2ccccc2)[C@@H](OCc2ccccc2)[C@H](OCc2ccccc2)[C@H]1OCc1ccccc1. The largest absolute Gasteiger partial charge is 0.374 e. The smallest absolute Gasteiger partial charge is 0.187 e. The van der Waals surface area contributed by atoms with Gasteiger partial charge in [-0.3, -0.25) is 0 Å². The lowest BCUT2D eigenvalue weighted by molar-refractivity contribution is -0.351. The molecule has 2 fully saturated rings. The van der Waals surface area contributed by atoms with E-state index >= 15 is 0 Å². The van der Waals surface area contributed by atoms with Crippen LogP contribution in [-0.2, 0) is 98.4 Å². The Morgan fingerprint density at radius 2 is 0.534 bits per heavy atom. The van der Waals surface area contributed by atoms with Crippen molar-refractivity contribution in [2.75, 3.05) is 20.3 Å². The third kappa shape index (κ3) is 15.3. The van der Waals surface area contributed by atoms with E-state index in [0.29, 0.717) is 26.4 Å². The van der Waals surface area contributed by atoms with Crippen molar-refractivity contribution >= 4 is 0 Å². The van der Waals surface area contributed by atoms with Crippen LogP contribution in [0.4, 0.5) is 0 Å². The summed E-state index contributed by atoms with van der Waals surface area (Å²) in [5.41, 5.74) is 7.00. The van der Waals surface area contributed by atoms with Crippen molar-refractivity contribution in [1.82, 2.24) is 0 Å². The molecule has 0 saturated carbocycles. The first kappa shape index (κ1) is 52.0. The molecule has 11 nitrogen and oxygen atoms in total. The van der Waals surface area contributed by atoms with Crippen LogP contribution in [-0.4, -0.2) is 81.7 Å². The molecule has 9 rings (SSSR count). The lowest BCUT2D eigenvalue weighted by Gasteiger charge is -2.48. The van der Waals surface area contributed by atoms with E-state index < -0.39 is 61.4 Å². The van der Waals surface area contributed by atoms with E-state index in [4.69, 9.17) is 52.1 Å². The quantitative estimate of drug-likeness (QED) is 0.0518. The van der Waals surface area contributed by atoms with Crippen LogP contribution in [0.5, 0.6) is 0 Å². The molecule has 2 saturated heterocycles. The van der Waals surface area contributed by atoms with Crippen molar-refractivity contribution in [3.63, 3.8) is 0 Å². The average molecular weight is 987 g/mol. The van der Waals surface area contributed by atoms with E-state index in [2.05, 4.69) is 0 Å². The van der Waals surface area contributed by atoms with Gasteiger partial charge in [-0.05, 0) is 38.9 Å². The summed E-state index contributed by atoms with van der Waals surface area (Å²) in [6.07, 6.45) is -7.47. The predicted octanol–water partition coefficient (Wildman–Crippen LogP) is 10.8. The highest BCUT2D eigenvalue weighted by Gasteiger charge is 2.52. The molecule has 0 bridgehead atoms. The maximum absolute atomic E-state index is 7.10. The van der Waals surface area contributed by atoms with Gasteiger partial charge in [-0.2, -0.15) is 0 Å². The Morgan fingerprint density at radius 1 is 0.274 bits per heavy atom. The second-order valence-electron chi connectivity index (χ2n) is 18.2. The normalized spacial score (nSPS) is 24.0. The summed E-state index contributed by atoms with van der Waals surface area (Å²) in [5.74, 6) is 0. The number of rotatable bonds is 26. The van der Waals surface area contributed by atoms with Gasteiger partial charge in [0.25, 0.3) is 0 Å². The van der Waals surface area contributed by atoms with Gasteiger partial charge in [0.15, 0.2) is 12.6 Å². The highest BCUT2D eigenvalue weighted by molar-refractivity contribution is 5.19. The van der Waals surface area contributed by atoms with E-state index in [1.807, 2.05) is 212 Å². The molecule has 2 aliphatic rings. The molecule has 73 heavy (non-hydrogen) atoms. The summed E-state index contributed by atoms with van der Waals surface area (Å²) in [5, 5.41) is 0. The molecular weight excluding hydrogens is 921 g/mol. The molecule has 0 unspecified atom stereocenters. The van der Waals surface area contributed by atoms with Crippen molar-refractivity contribution in [2.24, 2.45) is 0 Å². The number of ether oxygens (including phenoxy) is 11. The number of benzene rings is 7. The van der Waals surface area contributed by atoms with Crippen LogP contribution in [0.25, 0.3) is 0 Å². The molecule has 7 aromatic rings. The molecule has 2 heterocycles. The van der Waals surface area contributed by atoms with Crippen LogP contribution in [0.2, 0.25) is 0 Å². The maximum Gasteiger partial charge on any atom is 0.187 e. The number of hydrogen-bond acceptors (Lipinski definition) is 11. The van der Waals surface area contributed by atoms with Crippen LogP contribution in [0.3, 0.4) is 0 Å². The Kier molecular flexibility index (Phi) is 19.9. The number of hydrogen-bond donors (Lipinski definition) is 0. The van der Waals surface area contributed by atoms with Gasteiger partial charge in [-0.15, -0.1) is 0 Å². The zero-order chi connectivity index (χ0) is 49.7.